The Morgan fingerprint density at radius 1 is 1.06 bits per heavy atom. The molecule has 1 saturated heterocycles. The maximum atomic E-state index is 13.0. The van der Waals surface area contributed by atoms with Gasteiger partial charge in [0.1, 0.15) is 12.1 Å². The van der Waals surface area contributed by atoms with Gasteiger partial charge in [-0.3, -0.25) is 14.4 Å². The van der Waals surface area contributed by atoms with E-state index in [9.17, 15) is 27.6 Å². The first-order valence-electron chi connectivity index (χ1n) is 10.3. The number of hydrogen-bond donors (Lipinski definition) is 3. The van der Waals surface area contributed by atoms with Crippen molar-refractivity contribution in [2.75, 3.05) is 6.54 Å². The third kappa shape index (κ3) is 6.32. The molecule has 3 amide bonds. The normalized spacial score (nSPS) is 17.6. The molecule has 2 aromatic carbocycles. The molecule has 0 spiro atoms. The van der Waals surface area contributed by atoms with E-state index in [0.717, 1.165) is 36.6 Å². The van der Waals surface area contributed by atoms with Gasteiger partial charge in [0.05, 0.1) is 5.56 Å². The Balaban J connectivity index is 1.78. The topological polar surface area (TPSA) is 87.3 Å². The maximum Gasteiger partial charge on any atom is 0.416 e. The Morgan fingerprint density at radius 3 is 2.53 bits per heavy atom. The summed E-state index contributed by atoms with van der Waals surface area (Å²) in [5.41, 5.74) is -0.412. The van der Waals surface area contributed by atoms with Crippen molar-refractivity contribution >= 4 is 17.7 Å². The number of nitrogens with one attached hydrogen (secondary N) is 3. The molecule has 1 aliphatic rings. The van der Waals surface area contributed by atoms with Gasteiger partial charge in [-0.15, -0.1) is 0 Å². The average molecular weight is 447 g/mol. The van der Waals surface area contributed by atoms with Gasteiger partial charge in [-0.05, 0) is 43.0 Å². The van der Waals surface area contributed by atoms with Crippen LogP contribution >= 0.6 is 0 Å². The number of benzene rings is 2. The number of halogens is 3. The lowest BCUT2D eigenvalue weighted by atomic mass is 10.0. The van der Waals surface area contributed by atoms with Crippen LogP contribution in [-0.4, -0.2) is 36.3 Å². The van der Waals surface area contributed by atoms with E-state index >= 15 is 0 Å². The fourth-order valence-electron chi connectivity index (χ4n) is 3.49. The van der Waals surface area contributed by atoms with Crippen LogP contribution in [0.3, 0.4) is 0 Å². The second kappa shape index (κ2) is 10.3. The van der Waals surface area contributed by atoms with Gasteiger partial charge in [-0.1, -0.05) is 36.4 Å². The molecule has 0 saturated carbocycles. The minimum atomic E-state index is -4.59. The second-order valence-electron chi connectivity index (χ2n) is 7.64. The van der Waals surface area contributed by atoms with Gasteiger partial charge < -0.3 is 16.0 Å². The third-order valence-electron chi connectivity index (χ3n) is 5.21. The zero-order chi connectivity index (χ0) is 23.1. The van der Waals surface area contributed by atoms with Crippen LogP contribution in [0.15, 0.2) is 54.6 Å². The van der Waals surface area contributed by atoms with Crippen molar-refractivity contribution in [2.45, 2.75) is 43.9 Å². The second-order valence-corrected chi connectivity index (χ2v) is 7.64. The Hall–Kier alpha value is -3.36. The van der Waals surface area contributed by atoms with Crippen molar-refractivity contribution in [3.05, 3.63) is 71.3 Å². The number of carbonyl (C=O) groups excluding carboxylic acids is 3. The van der Waals surface area contributed by atoms with Crippen molar-refractivity contribution in [1.29, 1.82) is 0 Å². The van der Waals surface area contributed by atoms with E-state index in [0.29, 0.717) is 13.0 Å². The van der Waals surface area contributed by atoms with E-state index in [-0.39, 0.29) is 17.9 Å². The van der Waals surface area contributed by atoms with Gasteiger partial charge in [0.15, 0.2) is 0 Å². The van der Waals surface area contributed by atoms with E-state index in [1.54, 1.807) is 30.3 Å². The Kier molecular flexibility index (Phi) is 7.50. The average Bonchev–Trinajstić information content (AvgIpc) is 2.97. The smallest absolute Gasteiger partial charge is 0.354 e. The molecule has 3 N–H and O–H groups in total. The fourth-order valence-corrected chi connectivity index (χ4v) is 3.49. The molecule has 3 rings (SSSR count). The van der Waals surface area contributed by atoms with Crippen LogP contribution in [0.2, 0.25) is 0 Å². The van der Waals surface area contributed by atoms with Crippen molar-refractivity contribution in [3.8, 4) is 0 Å². The predicted octanol–water partition coefficient (Wildman–Crippen LogP) is 2.83. The lowest BCUT2D eigenvalue weighted by Crippen LogP contribution is -2.54. The molecular weight excluding hydrogens is 423 g/mol. The molecule has 0 aliphatic carbocycles. The van der Waals surface area contributed by atoms with Crippen LogP contribution in [0.25, 0.3) is 0 Å². The molecule has 6 nitrogen and oxygen atoms in total. The predicted molar refractivity (Wildman–Crippen MR) is 112 cm³/mol. The van der Waals surface area contributed by atoms with Crippen molar-refractivity contribution in [3.63, 3.8) is 0 Å². The first kappa shape index (κ1) is 23.3. The summed E-state index contributed by atoms with van der Waals surface area (Å²) < 4.78 is 39.0. The van der Waals surface area contributed by atoms with E-state index in [1.807, 2.05) is 0 Å². The zero-order valence-electron chi connectivity index (χ0n) is 17.2. The summed E-state index contributed by atoms with van der Waals surface area (Å²) in [7, 11) is 0. The van der Waals surface area contributed by atoms with Gasteiger partial charge >= 0.3 is 6.18 Å². The quantitative estimate of drug-likeness (QED) is 0.637. The van der Waals surface area contributed by atoms with E-state index in [1.165, 1.54) is 6.07 Å². The number of alkyl halides is 3. The van der Waals surface area contributed by atoms with E-state index < -0.39 is 35.6 Å². The van der Waals surface area contributed by atoms with Gasteiger partial charge in [0.25, 0.3) is 5.91 Å². The lowest BCUT2D eigenvalue weighted by molar-refractivity contribution is -0.137. The number of rotatable bonds is 6. The van der Waals surface area contributed by atoms with Crippen LogP contribution in [0, 0.1) is 0 Å². The van der Waals surface area contributed by atoms with Gasteiger partial charge in [-0.25, -0.2) is 0 Å². The SMILES string of the molecule is O=C(NC(Cc1ccccc1)C(=O)NC1CCCCNC1=O)c1cccc(C(F)(F)F)c1. The first-order valence-corrected chi connectivity index (χ1v) is 10.3. The molecule has 2 unspecified atom stereocenters. The largest absolute Gasteiger partial charge is 0.416 e. The van der Waals surface area contributed by atoms with Crippen LogP contribution in [0.4, 0.5) is 13.2 Å². The molecule has 0 aromatic heterocycles. The number of hydrogen-bond acceptors (Lipinski definition) is 3. The standard InChI is InChI=1S/C23H24F3N3O3/c24-23(25,26)17-10-6-9-16(14-17)20(30)29-19(13-15-7-2-1-3-8-15)22(32)28-18-11-4-5-12-27-21(18)31/h1-3,6-10,14,18-19H,4-5,11-13H2,(H,27,31)(H,28,32)(H,29,30). The maximum absolute atomic E-state index is 13.0. The molecule has 2 aromatic rings. The zero-order valence-corrected chi connectivity index (χ0v) is 17.2. The first-order chi connectivity index (χ1) is 15.2. The van der Waals surface area contributed by atoms with Crippen LogP contribution in [-0.2, 0) is 22.2 Å². The molecule has 2 atom stereocenters. The lowest BCUT2D eigenvalue weighted by Gasteiger charge is -2.22. The molecule has 1 heterocycles. The summed E-state index contributed by atoms with van der Waals surface area (Å²) in [5.74, 6) is -1.67. The van der Waals surface area contributed by atoms with Gasteiger partial charge in [-0.2, -0.15) is 13.2 Å². The molecule has 0 radical (unpaired) electrons. The van der Waals surface area contributed by atoms with Gasteiger partial charge in [0.2, 0.25) is 11.8 Å². The monoisotopic (exact) mass is 447 g/mol. The highest BCUT2D eigenvalue weighted by Gasteiger charge is 2.32. The minimum Gasteiger partial charge on any atom is -0.354 e. The summed E-state index contributed by atoms with van der Waals surface area (Å²) >= 11 is 0. The highest BCUT2D eigenvalue weighted by molar-refractivity contribution is 5.98. The molecule has 0 bridgehead atoms. The summed E-state index contributed by atoms with van der Waals surface area (Å²) in [6, 6.07) is 11.1. The minimum absolute atomic E-state index is 0.117. The number of amides is 3. The van der Waals surface area contributed by atoms with Crippen molar-refractivity contribution < 1.29 is 27.6 Å². The summed E-state index contributed by atoms with van der Waals surface area (Å²) in [4.78, 5) is 37.9. The summed E-state index contributed by atoms with van der Waals surface area (Å²) in [6.07, 6.45) is -2.45. The van der Waals surface area contributed by atoms with Gasteiger partial charge in [0, 0.05) is 18.5 Å². The molecule has 1 fully saturated rings. The van der Waals surface area contributed by atoms with Crippen LogP contribution in [0.1, 0.15) is 40.7 Å². The third-order valence-corrected chi connectivity index (χ3v) is 5.21. The van der Waals surface area contributed by atoms with E-state index in [2.05, 4.69) is 16.0 Å². The molecular formula is C23H24F3N3O3. The van der Waals surface area contributed by atoms with Crippen molar-refractivity contribution in [1.82, 2.24) is 16.0 Å². The Bertz CT molecular complexity index is 964. The van der Waals surface area contributed by atoms with Crippen LogP contribution < -0.4 is 16.0 Å². The molecule has 32 heavy (non-hydrogen) atoms. The molecule has 1 aliphatic heterocycles. The highest BCUT2D eigenvalue weighted by Crippen LogP contribution is 2.29. The molecule has 9 heteroatoms. The molecule has 170 valence electrons. The number of carbonyl (C=O) groups is 3. The van der Waals surface area contributed by atoms with Crippen molar-refractivity contribution in [2.24, 2.45) is 0 Å². The van der Waals surface area contributed by atoms with E-state index in [4.69, 9.17) is 0 Å². The highest BCUT2D eigenvalue weighted by atomic mass is 19.4. The fraction of sp³-hybridized carbons (Fsp3) is 0.348. The summed E-state index contributed by atoms with van der Waals surface area (Å²) in [5, 5.41) is 7.93. The summed E-state index contributed by atoms with van der Waals surface area (Å²) in [6.45, 7) is 0.533. The Labute approximate surface area is 183 Å². The van der Waals surface area contributed by atoms with Crippen LogP contribution in [0.5, 0.6) is 0 Å². The Morgan fingerprint density at radius 2 is 1.81 bits per heavy atom.